The highest BCUT2D eigenvalue weighted by Gasteiger charge is 2.18. The Bertz CT molecular complexity index is 554. The molecule has 0 radical (unpaired) electrons. The molecule has 0 bridgehead atoms. The van der Waals surface area contributed by atoms with E-state index in [-0.39, 0.29) is 6.04 Å². The van der Waals surface area contributed by atoms with E-state index in [0.29, 0.717) is 0 Å². The van der Waals surface area contributed by atoms with Crippen molar-refractivity contribution in [2.24, 2.45) is 0 Å². The number of nitrogens with one attached hydrogen (secondary N) is 1. The average molecular weight is 285 g/mol. The molecule has 3 heteroatoms. The van der Waals surface area contributed by atoms with Crippen molar-refractivity contribution < 1.29 is 9.47 Å². The molecule has 1 N–H and O–H groups in total. The smallest absolute Gasteiger partial charge is 0.127 e. The Morgan fingerprint density at radius 1 is 1.00 bits per heavy atom. The van der Waals surface area contributed by atoms with Crippen LogP contribution in [-0.4, -0.2) is 20.8 Å². The quantitative estimate of drug-likeness (QED) is 0.839. The molecule has 2 aromatic carbocycles. The van der Waals surface area contributed by atoms with Crippen LogP contribution in [0.4, 0.5) is 0 Å². The summed E-state index contributed by atoms with van der Waals surface area (Å²) in [5.74, 6) is 1.64. The molecule has 0 aliphatic carbocycles. The highest BCUT2D eigenvalue weighted by atomic mass is 16.5. The largest absolute Gasteiger partial charge is 0.497 e. The third kappa shape index (κ3) is 3.76. The molecule has 3 nitrogen and oxygen atoms in total. The first-order valence-corrected chi connectivity index (χ1v) is 7.30. The first kappa shape index (κ1) is 15.4. The minimum absolute atomic E-state index is 0.118. The van der Waals surface area contributed by atoms with E-state index in [1.54, 1.807) is 14.2 Å². The first-order valence-electron chi connectivity index (χ1n) is 7.30. The Kier molecular flexibility index (Phi) is 5.64. The number of rotatable bonds is 7. The monoisotopic (exact) mass is 285 g/mol. The van der Waals surface area contributed by atoms with Crippen molar-refractivity contribution in [3.8, 4) is 11.5 Å². The van der Waals surface area contributed by atoms with Gasteiger partial charge >= 0.3 is 0 Å². The number of ether oxygens (including phenoxy) is 2. The van der Waals surface area contributed by atoms with Crippen LogP contribution in [0.1, 0.15) is 30.5 Å². The predicted octanol–water partition coefficient (Wildman–Crippen LogP) is 3.79. The van der Waals surface area contributed by atoms with Gasteiger partial charge in [0.05, 0.1) is 20.3 Å². The van der Waals surface area contributed by atoms with Crippen molar-refractivity contribution >= 4 is 0 Å². The van der Waals surface area contributed by atoms with E-state index < -0.39 is 0 Å². The van der Waals surface area contributed by atoms with E-state index >= 15 is 0 Å². The van der Waals surface area contributed by atoms with Crippen LogP contribution in [0.3, 0.4) is 0 Å². The fraction of sp³-hybridized carbons (Fsp3) is 0.333. The second kappa shape index (κ2) is 7.70. The molecule has 0 spiro atoms. The Balaban J connectivity index is 2.41. The van der Waals surface area contributed by atoms with Gasteiger partial charge in [0.25, 0.3) is 0 Å². The van der Waals surface area contributed by atoms with Crippen LogP contribution in [0.5, 0.6) is 11.5 Å². The highest BCUT2D eigenvalue weighted by Crippen LogP contribution is 2.33. The van der Waals surface area contributed by atoms with Gasteiger partial charge in [-0.2, -0.15) is 0 Å². The molecule has 0 amide bonds. The third-order valence-corrected chi connectivity index (χ3v) is 3.48. The summed E-state index contributed by atoms with van der Waals surface area (Å²) in [7, 11) is 3.36. The van der Waals surface area contributed by atoms with Crippen LogP contribution in [0.25, 0.3) is 0 Å². The van der Waals surface area contributed by atoms with Crippen molar-refractivity contribution in [1.82, 2.24) is 5.32 Å². The molecule has 2 rings (SSSR count). The van der Waals surface area contributed by atoms with Crippen LogP contribution in [-0.2, 0) is 0 Å². The summed E-state index contributed by atoms with van der Waals surface area (Å²) in [4.78, 5) is 0. The van der Waals surface area contributed by atoms with Crippen LogP contribution >= 0.6 is 0 Å². The Morgan fingerprint density at radius 2 is 1.76 bits per heavy atom. The van der Waals surface area contributed by atoms with Crippen molar-refractivity contribution in [2.45, 2.75) is 19.4 Å². The molecule has 1 atom stereocenters. The zero-order valence-corrected chi connectivity index (χ0v) is 12.9. The topological polar surface area (TPSA) is 30.5 Å². The van der Waals surface area contributed by atoms with Crippen molar-refractivity contribution in [3.05, 3.63) is 59.7 Å². The molecule has 0 aromatic heterocycles. The van der Waals surface area contributed by atoms with Crippen LogP contribution in [0.2, 0.25) is 0 Å². The Morgan fingerprint density at radius 3 is 2.38 bits per heavy atom. The minimum atomic E-state index is 0.118. The van der Waals surface area contributed by atoms with E-state index in [0.717, 1.165) is 30.0 Å². The number of hydrogen-bond acceptors (Lipinski definition) is 3. The summed E-state index contributed by atoms with van der Waals surface area (Å²) in [6.45, 7) is 3.12. The number of hydrogen-bond donors (Lipinski definition) is 1. The molecule has 0 saturated heterocycles. The van der Waals surface area contributed by atoms with E-state index in [1.807, 2.05) is 18.2 Å². The van der Waals surface area contributed by atoms with Gasteiger partial charge in [-0.3, -0.25) is 0 Å². The fourth-order valence-electron chi connectivity index (χ4n) is 2.40. The van der Waals surface area contributed by atoms with E-state index in [4.69, 9.17) is 9.47 Å². The summed E-state index contributed by atoms with van der Waals surface area (Å²) in [6.07, 6.45) is 1.09. The molecular formula is C18H23NO2. The van der Waals surface area contributed by atoms with Gasteiger partial charge in [-0.15, -0.1) is 0 Å². The van der Waals surface area contributed by atoms with Gasteiger partial charge in [0, 0.05) is 11.6 Å². The van der Waals surface area contributed by atoms with Gasteiger partial charge in [-0.1, -0.05) is 37.3 Å². The molecular weight excluding hydrogens is 262 g/mol. The summed E-state index contributed by atoms with van der Waals surface area (Å²) in [6, 6.07) is 16.5. The van der Waals surface area contributed by atoms with Gasteiger partial charge in [0.2, 0.25) is 0 Å². The lowest BCUT2D eigenvalue weighted by atomic mass is 9.97. The maximum absolute atomic E-state index is 5.55. The molecule has 0 saturated carbocycles. The lowest BCUT2D eigenvalue weighted by Gasteiger charge is -2.22. The summed E-state index contributed by atoms with van der Waals surface area (Å²) < 4.78 is 10.8. The summed E-state index contributed by atoms with van der Waals surface area (Å²) in [5, 5.41) is 3.59. The van der Waals surface area contributed by atoms with Gasteiger partial charge in [-0.05, 0) is 30.7 Å². The molecule has 21 heavy (non-hydrogen) atoms. The third-order valence-electron chi connectivity index (χ3n) is 3.48. The molecule has 0 aliphatic rings. The lowest BCUT2D eigenvalue weighted by Crippen LogP contribution is -2.23. The fourth-order valence-corrected chi connectivity index (χ4v) is 2.40. The van der Waals surface area contributed by atoms with Gasteiger partial charge in [-0.25, -0.2) is 0 Å². The second-order valence-corrected chi connectivity index (χ2v) is 4.91. The van der Waals surface area contributed by atoms with Crippen molar-refractivity contribution in [3.63, 3.8) is 0 Å². The number of methoxy groups -OCH3 is 2. The first-order chi connectivity index (χ1) is 10.3. The van der Waals surface area contributed by atoms with E-state index in [1.165, 1.54) is 5.56 Å². The molecule has 0 aliphatic heterocycles. The molecule has 1 unspecified atom stereocenters. The normalized spacial score (nSPS) is 12.0. The van der Waals surface area contributed by atoms with Crippen LogP contribution in [0.15, 0.2) is 48.5 Å². The maximum Gasteiger partial charge on any atom is 0.127 e. The van der Waals surface area contributed by atoms with Crippen LogP contribution in [0, 0.1) is 0 Å². The average Bonchev–Trinajstić information content (AvgIpc) is 2.56. The summed E-state index contributed by atoms with van der Waals surface area (Å²) in [5.41, 5.74) is 2.35. The van der Waals surface area contributed by atoms with Crippen molar-refractivity contribution in [2.75, 3.05) is 20.8 Å². The Hall–Kier alpha value is -2.00. The Labute approximate surface area is 126 Å². The molecule has 2 aromatic rings. The number of benzene rings is 2. The standard InChI is InChI=1S/C18H23NO2/c1-4-12-19-18(14-8-6-5-7-9-14)16-11-10-15(20-2)13-17(16)21-3/h5-11,13,18-19H,4,12H2,1-3H3. The predicted molar refractivity (Wildman–Crippen MR) is 86.1 cm³/mol. The minimum Gasteiger partial charge on any atom is -0.497 e. The maximum atomic E-state index is 5.55. The van der Waals surface area contributed by atoms with Gasteiger partial charge in [0.1, 0.15) is 11.5 Å². The molecule has 112 valence electrons. The van der Waals surface area contributed by atoms with Crippen molar-refractivity contribution in [1.29, 1.82) is 0 Å². The summed E-state index contributed by atoms with van der Waals surface area (Å²) >= 11 is 0. The van der Waals surface area contributed by atoms with E-state index in [2.05, 4.69) is 42.6 Å². The second-order valence-electron chi connectivity index (χ2n) is 4.91. The van der Waals surface area contributed by atoms with Crippen LogP contribution < -0.4 is 14.8 Å². The van der Waals surface area contributed by atoms with Gasteiger partial charge in [0.15, 0.2) is 0 Å². The van der Waals surface area contributed by atoms with E-state index in [9.17, 15) is 0 Å². The lowest BCUT2D eigenvalue weighted by molar-refractivity contribution is 0.387. The SMILES string of the molecule is CCCNC(c1ccccc1)c1ccc(OC)cc1OC. The zero-order valence-electron chi connectivity index (χ0n) is 12.9. The van der Waals surface area contributed by atoms with Gasteiger partial charge < -0.3 is 14.8 Å². The molecule has 0 heterocycles. The highest BCUT2D eigenvalue weighted by molar-refractivity contribution is 5.46. The molecule has 0 fully saturated rings. The zero-order chi connectivity index (χ0) is 15.1.